The Morgan fingerprint density at radius 1 is 1.44 bits per heavy atom. The summed E-state index contributed by atoms with van der Waals surface area (Å²) in [6.45, 7) is 5.74. The molecule has 0 saturated carbocycles. The van der Waals surface area contributed by atoms with Crippen LogP contribution in [0.1, 0.15) is 19.7 Å². The lowest BCUT2D eigenvalue weighted by Crippen LogP contribution is -2.39. The van der Waals surface area contributed by atoms with Crippen molar-refractivity contribution in [2.75, 3.05) is 5.32 Å². The molecule has 1 atom stereocenters. The summed E-state index contributed by atoms with van der Waals surface area (Å²) in [6, 6.07) is 5.06. The Balaban J connectivity index is 2.19. The van der Waals surface area contributed by atoms with Crippen LogP contribution in [0.3, 0.4) is 0 Å². The van der Waals surface area contributed by atoms with Gasteiger partial charge in [0.1, 0.15) is 5.82 Å². The number of aromatic nitrogens is 2. The highest BCUT2D eigenvalue weighted by Crippen LogP contribution is 2.17. The number of aryl methyl sites for hydroxylation is 1. The van der Waals surface area contributed by atoms with Crippen molar-refractivity contribution in [1.29, 1.82) is 0 Å². The van der Waals surface area contributed by atoms with E-state index in [9.17, 15) is 4.79 Å². The number of imidazole rings is 1. The number of hydrogen-bond donors (Lipinski definition) is 3. The predicted octanol–water partition coefficient (Wildman–Crippen LogP) is 1.79. The number of nitrogens with two attached hydrogens (primary N) is 1. The first-order valence-electron chi connectivity index (χ1n) is 6.00. The van der Waals surface area contributed by atoms with E-state index in [0.717, 1.165) is 22.5 Å². The number of amides is 1. The van der Waals surface area contributed by atoms with Gasteiger partial charge in [0.05, 0.1) is 17.1 Å². The van der Waals surface area contributed by atoms with Crippen LogP contribution in [0.4, 0.5) is 5.69 Å². The molecule has 0 fully saturated rings. The maximum Gasteiger partial charge on any atom is 0.241 e. The van der Waals surface area contributed by atoms with Crippen LogP contribution in [-0.4, -0.2) is 21.9 Å². The fourth-order valence-corrected chi connectivity index (χ4v) is 1.74. The van der Waals surface area contributed by atoms with E-state index in [1.54, 1.807) is 0 Å². The Hall–Kier alpha value is -1.88. The van der Waals surface area contributed by atoms with Gasteiger partial charge >= 0.3 is 0 Å². The quantitative estimate of drug-likeness (QED) is 0.772. The lowest BCUT2D eigenvalue weighted by Gasteiger charge is -2.15. The summed E-state index contributed by atoms with van der Waals surface area (Å²) in [7, 11) is 0. The number of hydrogen-bond acceptors (Lipinski definition) is 3. The van der Waals surface area contributed by atoms with Gasteiger partial charge in [0.25, 0.3) is 0 Å². The highest BCUT2D eigenvalue weighted by atomic mass is 16.2. The molecule has 5 heteroatoms. The summed E-state index contributed by atoms with van der Waals surface area (Å²) in [6.07, 6.45) is 0. The number of anilines is 1. The third-order valence-electron chi connectivity index (χ3n) is 2.89. The number of nitrogens with one attached hydrogen (secondary N) is 2. The Morgan fingerprint density at radius 3 is 2.83 bits per heavy atom. The smallest absolute Gasteiger partial charge is 0.241 e. The number of nitrogens with zero attached hydrogens (tertiary/aromatic N) is 1. The lowest BCUT2D eigenvalue weighted by atomic mass is 10.0. The van der Waals surface area contributed by atoms with Crippen LogP contribution < -0.4 is 11.1 Å². The van der Waals surface area contributed by atoms with Crippen molar-refractivity contribution in [3.63, 3.8) is 0 Å². The minimum absolute atomic E-state index is 0.114. The molecule has 1 unspecified atom stereocenters. The Kier molecular flexibility index (Phi) is 3.34. The van der Waals surface area contributed by atoms with Crippen LogP contribution in [0.2, 0.25) is 0 Å². The number of rotatable bonds is 3. The van der Waals surface area contributed by atoms with Crippen molar-refractivity contribution >= 4 is 22.6 Å². The van der Waals surface area contributed by atoms with Crippen molar-refractivity contribution in [3.05, 3.63) is 24.0 Å². The summed E-state index contributed by atoms with van der Waals surface area (Å²) in [4.78, 5) is 19.3. The molecule has 18 heavy (non-hydrogen) atoms. The van der Waals surface area contributed by atoms with Gasteiger partial charge in [-0.1, -0.05) is 13.8 Å². The number of carbonyl (C=O) groups excluding carboxylic acids is 1. The van der Waals surface area contributed by atoms with Gasteiger partial charge in [0.2, 0.25) is 5.91 Å². The van der Waals surface area contributed by atoms with E-state index in [4.69, 9.17) is 5.73 Å². The number of fused-ring (bicyclic) bond motifs is 1. The molecule has 96 valence electrons. The van der Waals surface area contributed by atoms with E-state index in [2.05, 4.69) is 15.3 Å². The number of aromatic amines is 1. The Bertz CT molecular complexity index is 573. The van der Waals surface area contributed by atoms with Gasteiger partial charge in [0.15, 0.2) is 0 Å². The van der Waals surface area contributed by atoms with E-state index in [1.807, 2.05) is 39.0 Å². The van der Waals surface area contributed by atoms with Crippen molar-refractivity contribution in [1.82, 2.24) is 9.97 Å². The average molecular weight is 246 g/mol. The molecule has 0 aliphatic heterocycles. The molecule has 4 N–H and O–H groups in total. The minimum Gasteiger partial charge on any atom is -0.342 e. The van der Waals surface area contributed by atoms with E-state index >= 15 is 0 Å². The first kappa shape index (κ1) is 12.6. The fourth-order valence-electron chi connectivity index (χ4n) is 1.74. The summed E-state index contributed by atoms with van der Waals surface area (Å²) in [5, 5.41) is 2.81. The largest absolute Gasteiger partial charge is 0.342 e. The van der Waals surface area contributed by atoms with Gasteiger partial charge in [-0.3, -0.25) is 4.79 Å². The minimum atomic E-state index is -0.496. The molecule has 0 aliphatic carbocycles. The van der Waals surface area contributed by atoms with Gasteiger partial charge in [-0.25, -0.2) is 4.98 Å². The van der Waals surface area contributed by atoms with E-state index in [0.29, 0.717) is 0 Å². The van der Waals surface area contributed by atoms with Crippen LogP contribution in [0, 0.1) is 12.8 Å². The first-order chi connectivity index (χ1) is 8.47. The highest BCUT2D eigenvalue weighted by molar-refractivity contribution is 5.96. The molecule has 0 aliphatic rings. The topological polar surface area (TPSA) is 83.8 Å². The summed E-state index contributed by atoms with van der Waals surface area (Å²) in [5.74, 6) is 0.802. The molecule has 1 amide bonds. The maximum atomic E-state index is 11.8. The van der Waals surface area contributed by atoms with E-state index in [1.165, 1.54) is 0 Å². The van der Waals surface area contributed by atoms with E-state index < -0.39 is 6.04 Å². The van der Waals surface area contributed by atoms with Crippen molar-refractivity contribution in [2.45, 2.75) is 26.8 Å². The number of benzene rings is 1. The van der Waals surface area contributed by atoms with Crippen LogP contribution in [0.25, 0.3) is 11.0 Å². The zero-order valence-corrected chi connectivity index (χ0v) is 10.8. The zero-order chi connectivity index (χ0) is 13.3. The zero-order valence-electron chi connectivity index (χ0n) is 10.8. The number of H-pyrrole nitrogens is 1. The van der Waals surface area contributed by atoms with Gasteiger partial charge in [-0.05, 0) is 31.0 Å². The molecule has 5 nitrogen and oxygen atoms in total. The average Bonchev–Trinajstić information content (AvgIpc) is 2.67. The third-order valence-corrected chi connectivity index (χ3v) is 2.89. The molecule has 1 aromatic heterocycles. The molecule has 0 radical (unpaired) electrons. The van der Waals surface area contributed by atoms with Gasteiger partial charge in [-0.2, -0.15) is 0 Å². The molecule has 2 rings (SSSR count). The SMILES string of the molecule is Cc1nc2ccc(NC(=O)C(N)C(C)C)cc2[nH]1. The summed E-state index contributed by atoms with van der Waals surface area (Å²) < 4.78 is 0. The number of carbonyl (C=O) groups is 1. The second-order valence-electron chi connectivity index (χ2n) is 4.81. The first-order valence-corrected chi connectivity index (χ1v) is 6.00. The van der Waals surface area contributed by atoms with Crippen molar-refractivity contribution in [2.24, 2.45) is 11.7 Å². The summed E-state index contributed by atoms with van der Waals surface area (Å²) in [5.41, 5.74) is 8.31. The normalized spacial score (nSPS) is 12.9. The van der Waals surface area contributed by atoms with Crippen LogP contribution in [0.15, 0.2) is 18.2 Å². The maximum absolute atomic E-state index is 11.8. The lowest BCUT2D eigenvalue weighted by molar-refractivity contribution is -0.118. The second kappa shape index (κ2) is 4.78. The molecule has 2 aromatic rings. The van der Waals surface area contributed by atoms with Crippen LogP contribution >= 0.6 is 0 Å². The van der Waals surface area contributed by atoms with Gasteiger partial charge in [0, 0.05) is 5.69 Å². The molecular formula is C13H18N4O. The molecule has 1 heterocycles. The second-order valence-corrected chi connectivity index (χ2v) is 4.81. The van der Waals surface area contributed by atoms with Crippen molar-refractivity contribution in [3.8, 4) is 0 Å². The van der Waals surface area contributed by atoms with Crippen LogP contribution in [0.5, 0.6) is 0 Å². The van der Waals surface area contributed by atoms with E-state index in [-0.39, 0.29) is 11.8 Å². The van der Waals surface area contributed by atoms with Crippen LogP contribution in [-0.2, 0) is 4.79 Å². The molecule has 0 saturated heterocycles. The molecule has 0 bridgehead atoms. The summed E-state index contributed by atoms with van der Waals surface area (Å²) >= 11 is 0. The monoisotopic (exact) mass is 246 g/mol. The standard InChI is InChI=1S/C13H18N4O/c1-7(2)12(14)13(18)17-9-4-5-10-11(6-9)16-8(3)15-10/h4-7,12H,14H2,1-3H3,(H,15,16)(H,17,18). The molecular weight excluding hydrogens is 228 g/mol. The Morgan fingerprint density at radius 2 is 2.17 bits per heavy atom. The van der Waals surface area contributed by atoms with Gasteiger partial charge < -0.3 is 16.0 Å². The molecule has 1 aromatic carbocycles. The fraction of sp³-hybridized carbons (Fsp3) is 0.385. The Labute approximate surface area is 106 Å². The molecule has 0 spiro atoms. The predicted molar refractivity (Wildman–Crippen MR) is 72.3 cm³/mol. The van der Waals surface area contributed by atoms with Gasteiger partial charge in [-0.15, -0.1) is 0 Å². The highest BCUT2D eigenvalue weighted by Gasteiger charge is 2.17. The third kappa shape index (κ3) is 2.51. The van der Waals surface area contributed by atoms with Crippen molar-refractivity contribution < 1.29 is 4.79 Å².